The minimum absolute atomic E-state index is 0.0184. The summed E-state index contributed by atoms with van der Waals surface area (Å²) in [6, 6.07) is 7.57. The molecule has 1 saturated heterocycles. The topological polar surface area (TPSA) is 66.4 Å². The van der Waals surface area contributed by atoms with Crippen molar-refractivity contribution in [3.63, 3.8) is 0 Å². The van der Waals surface area contributed by atoms with Gasteiger partial charge in [-0.3, -0.25) is 9.59 Å². The molecule has 1 unspecified atom stereocenters. The molecule has 1 fully saturated rings. The summed E-state index contributed by atoms with van der Waals surface area (Å²) >= 11 is 0. The first-order valence-electron chi connectivity index (χ1n) is 6.88. The number of para-hydroxylation sites is 1. The summed E-state index contributed by atoms with van der Waals surface area (Å²) in [6.07, 6.45) is 1.77. The van der Waals surface area contributed by atoms with E-state index in [-0.39, 0.29) is 17.7 Å². The molecule has 0 aliphatic carbocycles. The van der Waals surface area contributed by atoms with Crippen LogP contribution < -0.4 is 10.2 Å². The Bertz CT molecular complexity index is 662. The maximum atomic E-state index is 12.7. The lowest BCUT2D eigenvalue weighted by Crippen LogP contribution is -3.19. The van der Waals surface area contributed by atoms with Crippen molar-refractivity contribution in [3.05, 3.63) is 36.0 Å². The van der Waals surface area contributed by atoms with Crippen molar-refractivity contribution in [1.29, 1.82) is 0 Å². The summed E-state index contributed by atoms with van der Waals surface area (Å²) in [7, 11) is 0. The molecule has 1 aromatic heterocycles. The van der Waals surface area contributed by atoms with E-state index in [9.17, 15) is 9.59 Å². The van der Waals surface area contributed by atoms with Gasteiger partial charge in [-0.05, 0) is 13.0 Å². The number of H-pyrrole nitrogens is 1. The highest BCUT2D eigenvalue weighted by atomic mass is 16.2. The lowest BCUT2D eigenvalue weighted by Gasteiger charge is -2.28. The molecule has 0 spiro atoms. The zero-order valence-electron chi connectivity index (χ0n) is 11.4. The average Bonchev–Trinajstić information content (AvgIpc) is 2.89. The number of piperazine rings is 1. The molecule has 2 atom stereocenters. The number of nitrogens with one attached hydrogen (secondary N) is 3. The summed E-state index contributed by atoms with van der Waals surface area (Å²) in [5.41, 5.74) is 1.68. The number of aromatic amines is 1. The largest absolute Gasteiger partial charge is 0.360 e. The van der Waals surface area contributed by atoms with E-state index in [1.165, 1.54) is 0 Å². The average molecular weight is 272 g/mol. The Morgan fingerprint density at radius 1 is 1.35 bits per heavy atom. The van der Waals surface area contributed by atoms with E-state index in [0.29, 0.717) is 18.7 Å². The molecule has 0 bridgehead atoms. The third kappa shape index (κ3) is 2.20. The van der Waals surface area contributed by atoms with Gasteiger partial charge in [0.15, 0.2) is 6.54 Å². The van der Waals surface area contributed by atoms with Crippen LogP contribution in [0.1, 0.15) is 17.3 Å². The lowest BCUT2D eigenvalue weighted by molar-refractivity contribution is -0.907. The fourth-order valence-corrected chi connectivity index (χ4v) is 2.78. The molecule has 3 N–H and O–H groups in total. The summed E-state index contributed by atoms with van der Waals surface area (Å²) in [5.74, 6) is 0.108. The number of rotatable bonds is 3. The number of amides is 1. The highest BCUT2D eigenvalue weighted by Gasteiger charge is 2.31. The summed E-state index contributed by atoms with van der Waals surface area (Å²) < 4.78 is 0. The second kappa shape index (κ2) is 5.09. The van der Waals surface area contributed by atoms with Gasteiger partial charge in [0, 0.05) is 22.7 Å². The first kappa shape index (κ1) is 12.9. The standard InChI is InChI=1S/C15H17N3O2/c1-10(18-7-6-16-14(19)9-18)15(20)12-8-17-13-5-3-2-4-11(12)13/h2-5,8,10,17H,6-7,9H2,1H3,(H,16,19)/p+1/t10-/m1/s1. The molecule has 3 rings (SSSR count). The molecule has 5 nitrogen and oxygen atoms in total. The van der Waals surface area contributed by atoms with Gasteiger partial charge in [-0.1, -0.05) is 18.2 Å². The molecule has 2 heterocycles. The first-order valence-corrected chi connectivity index (χ1v) is 6.88. The Kier molecular flexibility index (Phi) is 3.28. The minimum atomic E-state index is -0.208. The van der Waals surface area contributed by atoms with Gasteiger partial charge in [-0.15, -0.1) is 0 Å². The lowest BCUT2D eigenvalue weighted by atomic mass is 10.0. The smallest absolute Gasteiger partial charge is 0.275 e. The van der Waals surface area contributed by atoms with E-state index >= 15 is 0 Å². The summed E-state index contributed by atoms with van der Waals surface area (Å²) in [6.45, 7) is 3.70. The second-order valence-electron chi connectivity index (χ2n) is 5.27. The van der Waals surface area contributed by atoms with Crippen LogP contribution in [-0.4, -0.2) is 42.4 Å². The van der Waals surface area contributed by atoms with Crippen molar-refractivity contribution in [3.8, 4) is 0 Å². The highest BCUT2D eigenvalue weighted by molar-refractivity contribution is 6.09. The molecule has 20 heavy (non-hydrogen) atoms. The number of carbonyl (C=O) groups is 2. The van der Waals surface area contributed by atoms with Crippen LogP contribution in [0.15, 0.2) is 30.5 Å². The number of carbonyl (C=O) groups excluding carboxylic acids is 2. The van der Waals surface area contributed by atoms with E-state index in [2.05, 4.69) is 10.3 Å². The van der Waals surface area contributed by atoms with Gasteiger partial charge in [-0.25, -0.2) is 0 Å². The molecule has 1 aliphatic rings. The maximum Gasteiger partial charge on any atom is 0.275 e. The molecule has 1 aromatic carbocycles. The molecule has 1 aliphatic heterocycles. The number of ketones is 1. The normalized spacial score (nSPS) is 20.6. The van der Waals surface area contributed by atoms with Crippen molar-refractivity contribution >= 4 is 22.6 Å². The van der Waals surface area contributed by atoms with Gasteiger partial charge < -0.3 is 15.2 Å². The van der Waals surface area contributed by atoms with Crippen LogP contribution in [0, 0.1) is 0 Å². The van der Waals surface area contributed by atoms with Gasteiger partial charge in [0.05, 0.1) is 13.1 Å². The van der Waals surface area contributed by atoms with Crippen molar-refractivity contribution < 1.29 is 14.5 Å². The van der Waals surface area contributed by atoms with Crippen molar-refractivity contribution in [2.75, 3.05) is 19.6 Å². The van der Waals surface area contributed by atoms with Gasteiger partial charge in [0.2, 0.25) is 5.78 Å². The molecular weight excluding hydrogens is 254 g/mol. The maximum absolute atomic E-state index is 12.7. The summed E-state index contributed by atoms with van der Waals surface area (Å²) in [4.78, 5) is 28.3. The van der Waals surface area contributed by atoms with Crippen LogP contribution in [0.25, 0.3) is 10.9 Å². The number of hydrogen-bond acceptors (Lipinski definition) is 2. The van der Waals surface area contributed by atoms with Crippen LogP contribution in [0.4, 0.5) is 0 Å². The quantitative estimate of drug-likeness (QED) is 0.675. The number of quaternary nitrogens is 1. The van der Waals surface area contributed by atoms with Gasteiger partial charge in [-0.2, -0.15) is 0 Å². The Balaban J connectivity index is 1.86. The predicted molar refractivity (Wildman–Crippen MR) is 75.8 cm³/mol. The molecule has 5 heteroatoms. The van der Waals surface area contributed by atoms with Gasteiger partial charge >= 0.3 is 0 Å². The number of Topliss-reactive ketones (excluding diaryl/α,β-unsaturated/α-hetero) is 1. The van der Waals surface area contributed by atoms with Gasteiger partial charge in [0.25, 0.3) is 5.91 Å². The molecule has 1 amide bonds. The van der Waals surface area contributed by atoms with Crippen LogP contribution >= 0.6 is 0 Å². The van der Waals surface area contributed by atoms with Crippen LogP contribution in [0.3, 0.4) is 0 Å². The monoisotopic (exact) mass is 272 g/mol. The fourth-order valence-electron chi connectivity index (χ4n) is 2.78. The molecule has 0 saturated carbocycles. The zero-order chi connectivity index (χ0) is 14.1. The highest BCUT2D eigenvalue weighted by Crippen LogP contribution is 2.18. The SMILES string of the molecule is C[C@H](C(=O)c1c[nH]c2ccccc12)[NH+]1CCNC(=O)C1. The predicted octanol–water partition coefficient (Wildman–Crippen LogP) is -0.246. The zero-order valence-corrected chi connectivity index (χ0v) is 11.4. The molecule has 0 radical (unpaired) electrons. The first-order chi connectivity index (χ1) is 9.66. The van der Waals surface area contributed by atoms with Crippen molar-refractivity contribution in [1.82, 2.24) is 10.3 Å². The number of benzene rings is 1. The fraction of sp³-hybridized carbons (Fsp3) is 0.333. The number of fused-ring (bicyclic) bond motifs is 1. The van der Waals surface area contributed by atoms with Crippen LogP contribution in [0.5, 0.6) is 0 Å². The minimum Gasteiger partial charge on any atom is -0.360 e. The van der Waals surface area contributed by atoms with Crippen LogP contribution in [0.2, 0.25) is 0 Å². The second-order valence-corrected chi connectivity index (χ2v) is 5.27. The van der Waals surface area contributed by atoms with E-state index in [0.717, 1.165) is 22.3 Å². The summed E-state index contributed by atoms with van der Waals surface area (Å²) in [5, 5.41) is 3.74. The van der Waals surface area contributed by atoms with Crippen LogP contribution in [-0.2, 0) is 4.79 Å². The van der Waals surface area contributed by atoms with E-state index < -0.39 is 0 Å². The Morgan fingerprint density at radius 2 is 2.15 bits per heavy atom. The van der Waals surface area contributed by atoms with Gasteiger partial charge in [0.1, 0.15) is 6.04 Å². The molecule has 2 aromatic rings. The number of hydrogen-bond donors (Lipinski definition) is 3. The number of aromatic nitrogens is 1. The van der Waals surface area contributed by atoms with E-state index in [4.69, 9.17) is 0 Å². The Labute approximate surface area is 117 Å². The van der Waals surface area contributed by atoms with Crippen molar-refractivity contribution in [2.45, 2.75) is 13.0 Å². The Hall–Kier alpha value is -2.14. The molecular formula is C15H18N3O2+. The third-order valence-electron chi connectivity index (χ3n) is 4.02. The molecule has 104 valence electrons. The third-order valence-corrected chi connectivity index (χ3v) is 4.02. The van der Waals surface area contributed by atoms with Crippen molar-refractivity contribution in [2.24, 2.45) is 0 Å². The van der Waals surface area contributed by atoms with E-state index in [1.54, 1.807) is 6.20 Å². The van der Waals surface area contributed by atoms with E-state index in [1.807, 2.05) is 31.2 Å². The Morgan fingerprint density at radius 3 is 2.95 bits per heavy atom.